The lowest BCUT2D eigenvalue weighted by Crippen LogP contribution is -2.28. The minimum Gasteiger partial charge on any atom is -0.366 e. The Morgan fingerprint density at radius 3 is 2.64 bits per heavy atom. The average Bonchev–Trinajstić information content (AvgIpc) is 2.97. The van der Waals surface area contributed by atoms with Crippen molar-refractivity contribution in [2.75, 3.05) is 16.8 Å². The highest BCUT2D eigenvalue weighted by Crippen LogP contribution is 2.28. The number of para-hydroxylation sites is 1. The van der Waals surface area contributed by atoms with Gasteiger partial charge in [0.1, 0.15) is 0 Å². The molecular weight excluding hydrogens is 342 g/mol. The molecule has 25 heavy (non-hydrogen) atoms. The molecule has 1 aliphatic rings. The fraction of sp³-hybridized carbons (Fsp3) is 0.167. The Hall–Kier alpha value is -2.86. The summed E-state index contributed by atoms with van der Waals surface area (Å²) in [6.45, 7) is 0.254. The van der Waals surface area contributed by atoms with E-state index in [1.165, 1.54) is 11.0 Å². The molecule has 3 N–H and O–H groups in total. The van der Waals surface area contributed by atoms with Gasteiger partial charge in [-0.25, -0.2) is 0 Å². The topological polar surface area (TPSA) is 92.5 Å². The Balaban J connectivity index is 1.74. The number of nitrogens with one attached hydrogen (secondary N) is 1. The number of hydrogen-bond acceptors (Lipinski definition) is 3. The molecule has 7 heteroatoms. The van der Waals surface area contributed by atoms with E-state index in [1.54, 1.807) is 42.5 Å². The summed E-state index contributed by atoms with van der Waals surface area (Å²) in [5, 5.41) is 3.21. The highest BCUT2D eigenvalue weighted by atomic mass is 35.5. The number of anilines is 2. The number of benzene rings is 2. The van der Waals surface area contributed by atoms with Crippen LogP contribution in [0, 0.1) is 5.92 Å². The first kappa shape index (κ1) is 17.0. The van der Waals surface area contributed by atoms with Crippen molar-refractivity contribution in [3.8, 4) is 0 Å². The summed E-state index contributed by atoms with van der Waals surface area (Å²) in [5.41, 5.74) is 6.54. The molecule has 128 valence electrons. The largest absolute Gasteiger partial charge is 0.366 e. The van der Waals surface area contributed by atoms with Gasteiger partial charge in [-0.15, -0.1) is 0 Å². The lowest BCUT2D eigenvalue weighted by atomic mass is 10.1. The standard InChI is InChI=1S/C18H16ClN3O3/c19-12-4-3-5-13(9-12)22-10-11(8-16(22)23)18(25)21-15-7-2-1-6-14(15)17(20)24/h1-7,9,11H,8,10H2,(H2,20,24)(H,21,25). The first-order chi connectivity index (χ1) is 12.0. The quantitative estimate of drug-likeness (QED) is 0.880. The predicted octanol–water partition coefficient (Wildman–Crippen LogP) is 2.43. The predicted molar refractivity (Wildman–Crippen MR) is 95.5 cm³/mol. The van der Waals surface area contributed by atoms with Crippen LogP contribution in [0.4, 0.5) is 11.4 Å². The van der Waals surface area contributed by atoms with E-state index < -0.39 is 11.8 Å². The van der Waals surface area contributed by atoms with Gasteiger partial charge in [0.05, 0.1) is 17.2 Å². The van der Waals surface area contributed by atoms with Crippen LogP contribution < -0.4 is 16.0 Å². The Morgan fingerprint density at radius 2 is 1.92 bits per heavy atom. The number of carbonyl (C=O) groups excluding carboxylic acids is 3. The summed E-state index contributed by atoms with van der Waals surface area (Å²) in [7, 11) is 0. The second kappa shape index (κ2) is 6.94. The van der Waals surface area contributed by atoms with Crippen molar-refractivity contribution in [3.05, 3.63) is 59.1 Å². The lowest BCUT2D eigenvalue weighted by Gasteiger charge is -2.17. The molecule has 0 radical (unpaired) electrons. The highest BCUT2D eigenvalue weighted by molar-refractivity contribution is 6.31. The molecule has 1 unspecified atom stereocenters. The summed E-state index contributed by atoms with van der Waals surface area (Å²) in [6, 6.07) is 13.4. The van der Waals surface area contributed by atoms with Gasteiger partial charge < -0.3 is 16.0 Å². The van der Waals surface area contributed by atoms with Gasteiger partial charge >= 0.3 is 0 Å². The van der Waals surface area contributed by atoms with Crippen molar-refractivity contribution in [1.82, 2.24) is 0 Å². The van der Waals surface area contributed by atoms with Gasteiger partial charge in [-0.3, -0.25) is 14.4 Å². The van der Waals surface area contributed by atoms with E-state index in [0.717, 1.165) is 0 Å². The minimum atomic E-state index is -0.626. The molecule has 1 saturated heterocycles. The van der Waals surface area contributed by atoms with E-state index >= 15 is 0 Å². The molecule has 1 heterocycles. The molecule has 0 aliphatic carbocycles. The summed E-state index contributed by atoms with van der Waals surface area (Å²) in [6.07, 6.45) is 0.0943. The molecule has 3 rings (SSSR count). The second-order valence-electron chi connectivity index (χ2n) is 5.78. The highest BCUT2D eigenvalue weighted by Gasteiger charge is 2.35. The molecule has 1 aliphatic heterocycles. The first-order valence-corrected chi connectivity index (χ1v) is 8.09. The van der Waals surface area contributed by atoms with Gasteiger partial charge in [0.15, 0.2) is 0 Å². The number of carbonyl (C=O) groups is 3. The zero-order valence-electron chi connectivity index (χ0n) is 13.2. The van der Waals surface area contributed by atoms with Crippen molar-refractivity contribution in [3.63, 3.8) is 0 Å². The third-order valence-electron chi connectivity index (χ3n) is 4.07. The van der Waals surface area contributed by atoms with Gasteiger partial charge in [0.2, 0.25) is 11.8 Å². The fourth-order valence-corrected chi connectivity index (χ4v) is 3.00. The van der Waals surface area contributed by atoms with Crippen molar-refractivity contribution < 1.29 is 14.4 Å². The number of primary amides is 1. The van der Waals surface area contributed by atoms with Crippen LogP contribution >= 0.6 is 11.6 Å². The van der Waals surface area contributed by atoms with Crippen LogP contribution in [0.25, 0.3) is 0 Å². The van der Waals surface area contributed by atoms with E-state index in [4.69, 9.17) is 17.3 Å². The molecule has 0 spiro atoms. The minimum absolute atomic E-state index is 0.0943. The number of amides is 3. The SMILES string of the molecule is NC(=O)c1ccccc1NC(=O)C1CC(=O)N(c2cccc(Cl)c2)C1. The average molecular weight is 358 g/mol. The van der Waals surface area contributed by atoms with Gasteiger partial charge in [-0.05, 0) is 30.3 Å². The summed E-state index contributed by atoms with van der Waals surface area (Å²) < 4.78 is 0. The third-order valence-corrected chi connectivity index (χ3v) is 4.30. The van der Waals surface area contributed by atoms with Crippen molar-refractivity contribution in [1.29, 1.82) is 0 Å². The van der Waals surface area contributed by atoms with Crippen molar-refractivity contribution in [2.45, 2.75) is 6.42 Å². The van der Waals surface area contributed by atoms with Crippen molar-refractivity contribution in [2.24, 2.45) is 11.7 Å². The van der Waals surface area contributed by atoms with Crippen LogP contribution in [-0.2, 0) is 9.59 Å². The van der Waals surface area contributed by atoms with Crippen LogP contribution in [0.1, 0.15) is 16.8 Å². The summed E-state index contributed by atoms with van der Waals surface area (Å²) in [5.74, 6) is -1.62. The lowest BCUT2D eigenvalue weighted by molar-refractivity contribution is -0.122. The Morgan fingerprint density at radius 1 is 1.16 bits per heavy atom. The number of rotatable bonds is 4. The summed E-state index contributed by atoms with van der Waals surface area (Å²) in [4.78, 5) is 37.7. The van der Waals surface area contributed by atoms with Crippen LogP contribution in [-0.4, -0.2) is 24.3 Å². The molecule has 0 saturated carbocycles. The zero-order valence-corrected chi connectivity index (χ0v) is 14.0. The number of nitrogens with zero attached hydrogens (tertiary/aromatic N) is 1. The van der Waals surface area contributed by atoms with E-state index in [1.807, 2.05) is 0 Å². The van der Waals surface area contributed by atoms with E-state index in [-0.39, 0.29) is 30.3 Å². The number of halogens is 1. The maximum Gasteiger partial charge on any atom is 0.250 e. The number of nitrogens with two attached hydrogens (primary N) is 1. The van der Waals surface area contributed by atoms with Gasteiger partial charge in [0.25, 0.3) is 5.91 Å². The fourth-order valence-electron chi connectivity index (χ4n) is 2.82. The van der Waals surface area contributed by atoms with Crippen LogP contribution in [0.5, 0.6) is 0 Å². The van der Waals surface area contributed by atoms with Crippen molar-refractivity contribution >= 4 is 40.7 Å². The van der Waals surface area contributed by atoms with Crippen LogP contribution in [0.15, 0.2) is 48.5 Å². The molecular formula is C18H16ClN3O3. The van der Waals surface area contributed by atoms with Gasteiger partial charge in [-0.1, -0.05) is 29.8 Å². The molecule has 1 atom stereocenters. The van der Waals surface area contributed by atoms with Gasteiger partial charge in [0, 0.05) is 23.7 Å². The van der Waals surface area contributed by atoms with E-state index in [2.05, 4.69) is 5.32 Å². The smallest absolute Gasteiger partial charge is 0.250 e. The van der Waals surface area contributed by atoms with Gasteiger partial charge in [-0.2, -0.15) is 0 Å². The Labute approximate surface area is 149 Å². The van der Waals surface area contributed by atoms with E-state index in [0.29, 0.717) is 16.4 Å². The van der Waals surface area contributed by atoms with E-state index in [9.17, 15) is 14.4 Å². The monoisotopic (exact) mass is 357 g/mol. The molecule has 2 aromatic carbocycles. The second-order valence-corrected chi connectivity index (χ2v) is 6.22. The normalized spacial score (nSPS) is 16.8. The molecule has 6 nitrogen and oxygen atoms in total. The third kappa shape index (κ3) is 3.64. The summed E-state index contributed by atoms with van der Waals surface area (Å²) >= 11 is 5.96. The molecule has 2 aromatic rings. The van der Waals surface area contributed by atoms with Crippen LogP contribution in [0.3, 0.4) is 0 Å². The maximum atomic E-state index is 12.5. The molecule has 3 amide bonds. The molecule has 0 bridgehead atoms. The maximum absolute atomic E-state index is 12.5. The zero-order chi connectivity index (χ0) is 18.0. The molecule has 0 aromatic heterocycles. The number of hydrogen-bond donors (Lipinski definition) is 2. The Kier molecular flexibility index (Phi) is 4.72. The Bertz CT molecular complexity index is 853. The van der Waals surface area contributed by atoms with Crippen LogP contribution in [0.2, 0.25) is 5.02 Å². The molecule has 1 fully saturated rings. The first-order valence-electron chi connectivity index (χ1n) is 7.71.